The molecule has 0 amide bonds. The van der Waals surface area contributed by atoms with Crippen LogP contribution >= 0.6 is 0 Å². The number of hydrogen-bond acceptors (Lipinski definition) is 2. The van der Waals surface area contributed by atoms with Crippen LogP contribution in [0.2, 0.25) is 0 Å². The van der Waals surface area contributed by atoms with Crippen LogP contribution in [0.4, 0.5) is 0 Å². The van der Waals surface area contributed by atoms with Crippen molar-refractivity contribution in [3.05, 3.63) is 30.0 Å². The zero-order valence-corrected chi connectivity index (χ0v) is 13.4. The lowest BCUT2D eigenvalue weighted by Crippen LogP contribution is -2.37. The first kappa shape index (κ1) is 15.0. The Hall–Kier alpha value is -1.35. The van der Waals surface area contributed by atoms with Crippen molar-refractivity contribution in [1.29, 1.82) is 0 Å². The van der Waals surface area contributed by atoms with Gasteiger partial charge >= 0.3 is 0 Å². The maximum atomic E-state index is 4.68. The van der Waals surface area contributed by atoms with Gasteiger partial charge in [-0.15, -0.1) is 0 Å². The van der Waals surface area contributed by atoms with E-state index in [0.717, 1.165) is 13.0 Å². The van der Waals surface area contributed by atoms with E-state index in [-0.39, 0.29) is 5.54 Å². The minimum absolute atomic E-state index is 0.206. The van der Waals surface area contributed by atoms with E-state index in [1.807, 2.05) is 11.7 Å². The van der Waals surface area contributed by atoms with Gasteiger partial charge in [-0.1, -0.05) is 25.1 Å². The lowest BCUT2D eigenvalue weighted by atomic mass is 9.99. The second kappa shape index (κ2) is 5.96. The molecular formula is C17H27N3. The van der Waals surface area contributed by atoms with Crippen molar-refractivity contribution in [1.82, 2.24) is 15.1 Å². The second-order valence-corrected chi connectivity index (χ2v) is 6.86. The van der Waals surface area contributed by atoms with E-state index >= 15 is 0 Å². The van der Waals surface area contributed by atoms with Crippen molar-refractivity contribution in [2.75, 3.05) is 6.54 Å². The molecule has 1 heterocycles. The molecular weight excluding hydrogens is 246 g/mol. The Bertz CT molecular complexity index is 563. The molecule has 0 bridgehead atoms. The van der Waals surface area contributed by atoms with Crippen LogP contribution in [0.5, 0.6) is 0 Å². The topological polar surface area (TPSA) is 29.9 Å². The Morgan fingerprint density at radius 3 is 2.65 bits per heavy atom. The highest BCUT2D eigenvalue weighted by Gasteiger charge is 2.13. The molecule has 1 unspecified atom stereocenters. The molecule has 0 aliphatic heterocycles. The van der Waals surface area contributed by atoms with Crippen LogP contribution in [0.1, 0.15) is 39.8 Å². The van der Waals surface area contributed by atoms with Crippen molar-refractivity contribution in [3.8, 4) is 0 Å². The molecule has 0 fully saturated rings. The number of nitrogens with zero attached hydrogens (tertiary/aromatic N) is 2. The highest BCUT2D eigenvalue weighted by atomic mass is 15.3. The average molecular weight is 273 g/mol. The van der Waals surface area contributed by atoms with Gasteiger partial charge in [0.1, 0.15) is 0 Å². The first-order valence-corrected chi connectivity index (χ1v) is 7.52. The molecule has 1 aromatic heterocycles. The quantitative estimate of drug-likeness (QED) is 0.903. The monoisotopic (exact) mass is 273 g/mol. The minimum Gasteiger partial charge on any atom is -0.312 e. The maximum Gasteiger partial charge on any atom is 0.0705 e. The summed E-state index contributed by atoms with van der Waals surface area (Å²) in [6.07, 6.45) is 2.23. The summed E-state index contributed by atoms with van der Waals surface area (Å²) in [4.78, 5) is 0. The fraction of sp³-hybridized carbons (Fsp3) is 0.588. The molecule has 1 atom stereocenters. The molecule has 20 heavy (non-hydrogen) atoms. The molecule has 0 aliphatic rings. The molecule has 0 spiro atoms. The molecule has 3 heteroatoms. The lowest BCUT2D eigenvalue weighted by molar-refractivity contribution is 0.393. The van der Waals surface area contributed by atoms with Crippen LogP contribution in [-0.4, -0.2) is 21.9 Å². The highest BCUT2D eigenvalue weighted by Crippen LogP contribution is 2.21. The number of rotatable bonds is 5. The largest absolute Gasteiger partial charge is 0.312 e. The lowest BCUT2D eigenvalue weighted by Gasteiger charge is -2.21. The fourth-order valence-electron chi connectivity index (χ4n) is 2.57. The SMILES string of the molecule is CC(CCNC(C)(C)C)Cc1nn(C)c2ccccc12. The third-order valence-corrected chi connectivity index (χ3v) is 3.67. The van der Waals surface area contributed by atoms with Crippen LogP contribution < -0.4 is 5.32 Å². The van der Waals surface area contributed by atoms with E-state index in [0.29, 0.717) is 5.92 Å². The molecule has 0 saturated heterocycles. The number of benzene rings is 1. The van der Waals surface area contributed by atoms with Gasteiger partial charge in [0.2, 0.25) is 0 Å². The summed E-state index contributed by atoms with van der Waals surface area (Å²) in [5.74, 6) is 0.642. The summed E-state index contributed by atoms with van der Waals surface area (Å²) in [7, 11) is 2.03. The number of fused-ring (bicyclic) bond motifs is 1. The Labute approximate surface area is 122 Å². The zero-order chi connectivity index (χ0) is 14.8. The van der Waals surface area contributed by atoms with Crippen LogP contribution in [0, 0.1) is 5.92 Å². The maximum absolute atomic E-state index is 4.68. The van der Waals surface area contributed by atoms with E-state index in [2.05, 4.69) is 62.4 Å². The smallest absolute Gasteiger partial charge is 0.0705 e. The molecule has 1 N–H and O–H groups in total. The first-order valence-electron chi connectivity index (χ1n) is 7.52. The zero-order valence-electron chi connectivity index (χ0n) is 13.4. The molecule has 0 radical (unpaired) electrons. The Morgan fingerprint density at radius 2 is 1.95 bits per heavy atom. The van der Waals surface area contributed by atoms with Gasteiger partial charge < -0.3 is 5.32 Å². The van der Waals surface area contributed by atoms with Crippen molar-refractivity contribution < 1.29 is 0 Å². The highest BCUT2D eigenvalue weighted by molar-refractivity contribution is 5.81. The average Bonchev–Trinajstić information content (AvgIpc) is 2.65. The number of hydrogen-bond donors (Lipinski definition) is 1. The summed E-state index contributed by atoms with van der Waals surface area (Å²) in [5.41, 5.74) is 2.66. The first-order chi connectivity index (χ1) is 9.37. The molecule has 2 rings (SSSR count). The van der Waals surface area contributed by atoms with Crippen LogP contribution in [0.3, 0.4) is 0 Å². The van der Waals surface area contributed by atoms with Crippen LogP contribution in [-0.2, 0) is 13.5 Å². The number of aryl methyl sites for hydroxylation is 1. The Morgan fingerprint density at radius 1 is 1.25 bits per heavy atom. The van der Waals surface area contributed by atoms with Crippen molar-refractivity contribution in [2.24, 2.45) is 13.0 Å². The minimum atomic E-state index is 0.206. The molecule has 0 aliphatic carbocycles. The number of para-hydroxylation sites is 1. The predicted octanol–water partition coefficient (Wildman–Crippen LogP) is 3.53. The van der Waals surface area contributed by atoms with Gasteiger partial charge in [0.05, 0.1) is 11.2 Å². The van der Waals surface area contributed by atoms with E-state index in [9.17, 15) is 0 Å². The van der Waals surface area contributed by atoms with Gasteiger partial charge in [-0.25, -0.2) is 0 Å². The van der Waals surface area contributed by atoms with Crippen LogP contribution in [0.15, 0.2) is 24.3 Å². The molecule has 110 valence electrons. The summed E-state index contributed by atoms with van der Waals surface area (Å²) in [6.45, 7) is 10.0. The third kappa shape index (κ3) is 3.83. The van der Waals surface area contributed by atoms with E-state index in [1.165, 1.54) is 23.0 Å². The summed E-state index contributed by atoms with van der Waals surface area (Å²) in [5, 5.41) is 9.54. The van der Waals surface area contributed by atoms with Gasteiger partial charge in [-0.2, -0.15) is 5.10 Å². The summed E-state index contributed by atoms with van der Waals surface area (Å²) in [6, 6.07) is 8.49. The second-order valence-electron chi connectivity index (χ2n) is 6.86. The van der Waals surface area contributed by atoms with Crippen molar-refractivity contribution in [3.63, 3.8) is 0 Å². The third-order valence-electron chi connectivity index (χ3n) is 3.67. The van der Waals surface area contributed by atoms with Gasteiger partial charge in [0, 0.05) is 18.0 Å². The standard InChI is InChI=1S/C17H27N3/c1-13(10-11-18-17(2,3)4)12-15-14-8-6-7-9-16(14)20(5)19-15/h6-9,13,18H,10-12H2,1-5H3. The molecule has 2 aromatic rings. The molecule has 1 aromatic carbocycles. The van der Waals surface area contributed by atoms with E-state index < -0.39 is 0 Å². The van der Waals surface area contributed by atoms with E-state index in [1.54, 1.807) is 0 Å². The predicted molar refractivity (Wildman–Crippen MR) is 86.0 cm³/mol. The van der Waals surface area contributed by atoms with Gasteiger partial charge in [-0.3, -0.25) is 4.68 Å². The number of nitrogens with one attached hydrogen (secondary N) is 1. The normalized spacial score (nSPS) is 13.8. The van der Waals surface area contributed by atoms with Gasteiger partial charge in [-0.05, 0) is 52.1 Å². The summed E-state index contributed by atoms with van der Waals surface area (Å²) >= 11 is 0. The Kier molecular flexibility index (Phi) is 4.48. The fourth-order valence-corrected chi connectivity index (χ4v) is 2.57. The van der Waals surface area contributed by atoms with Gasteiger partial charge in [0.15, 0.2) is 0 Å². The molecule has 0 saturated carbocycles. The number of aromatic nitrogens is 2. The van der Waals surface area contributed by atoms with Gasteiger partial charge in [0.25, 0.3) is 0 Å². The van der Waals surface area contributed by atoms with Crippen molar-refractivity contribution >= 4 is 10.9 Å². The van der Waals surface area contributed by atoms with Crippen LogP contribution in [0.25, 0.3) is 10.9 Å². The summed E-state index contributed by atoms with van der Waals surface area (Å²) < 4.78 is 1.99. The van der Waals surface area contributed by atoms with E-state index in [4.69, 9.17) is 0 Å². The Balaban J connectivity index is 1.98. The molecule has 3 nitrogen and oxygen atoms in total. The van der Waals surface area contributed by atoms with Crippen molar-refractivity contribution in [2.45, 2.75) is 46.1 Å².